The minimum absolute atomic E-state index is 0.00231. The molecule has 0 spiro atoms. The van der Waals surface area contributed by atoms with Crippen LogP contribution >= 0.6 is 0 Å². The van der Waals surface area contributed by atoms with Crippen molar-refractivity contribution in [3.8, 4) is 11.5 Å². The van der Waals surface area contributed by atoms with Crippen LogP contribution in [0, 0.1) is 0 Å². The van der Waals surface area contributed by atoms with Crippen LogP contribution < -0.4 is 15.2 Å². The number of alkyl halides is 2. The molecule has 124 valence electrons. The first-order valence-corrected chi connectivity index (χ1v) is 7.73. The van der Waals surface area contributed by atoms with Crippen molar-refractivity contribution in [2.24, 2.45) is 5.73 Å². The van der Waals surface area contributed by atoms with E-state index in [1.54, 1.807) is 6.07 Å². The molecule has 5 heteroatoms. The lowest BCUT2D eigenvalue weighted by atomic mass is 9.67. The molecule has 1 fully saturated rings. The Labute approximate surface area is 130 Å². The molecule has 0 atom stereocenters. The smallest absolute Gasteiger partial charge is 0.270 e. The van der Waals surface area contributed by atoms with E-state index in [1.165, 1.54) is 20.3 Å². The van der Waals surface area contributed by atoms with E-state index in [2.05, 4.69) is 0 Å². The molecule has 2 N–H and O–H groups in total. The number of methoxy groups -OCH3 is 2. The van der Waals surface area contributed by atoms with Crippen LogP contribution in [0.4, 0.5) is 8.78 Å². The Morgan fingerprint density at radius 1 is 1.09 bits per heavy atom. The van der Waals surface area contributed by atoms with Crippen LogP contribution in [0.5, 0.6) is 11.5 Å². The molecule has 1 aromatic rings. The summed E-state index contributed by atoms with van der Waals surface area (Å²) >= 11 is 0. The second-order valence-electron chi connectivity index (χ2n) is 6.19. The SMILES string of the molecule is COc1cc(C(C)(F)F)c(C2(CN)CCCCC2)cc1OC. The van der Waals surface area contributed by atoms with Gasteiger partial charge in [0.2, 0.25) is 0 Å². The molecule has 0 bridgehead atoms. The van der Waals surface area contributed by atoms with E-state index in [-0.39, 0.29) is 5.56 Å². The van der Waals surface area contributed by atoms with Gasteiger partial charge in [0.05, 0.1) is 14.2 Å². The van der Waals surface area contributed by atoms with Crippen LogP contribution in [0.2, 0.25) is 0 Å². The van der Waals surface area contributed by atoms with E-state index in [0.717, 1.165) is 39.0 Å². The Morgan fingerprint density at radius 2 is 1.64 bits per heavy atom. The van der Waals surface area contributed by atoms with E-state index >= 15 is 0 Å². The van der Waals surface area contributed by atoms with Crippen LogP contribution in [0.3, 0.4) is 0 Å². The third-order valence-electron chi connectivity index (χ3n) is 4.77. The molecule has 1 aromatic carbocycles. The third kappa shape index (κ3) is 3.05. The maximum absolute atomic E-state index is 14.2. The van der Waals surface area contributed by atoms with Gasteiger partial charge in [0.15, 0.2) is 11.5 Å². The summed E-state index contributed by atoms with van der Waals surface area (Å²) in [5.41, 5.74) is 6.24. The van der Waals surface area contributed by atoms with Crippen molar-refractivity contribution >= 4 is 0 Å². The quantitative estimate of drug-likeness (QED) is 0.894. The highest BCUT2D eigenvalue weighted by molar-refractivity contribution is 5.51. The van der Waals surface area contributed by atoms with Crippen molar-refractivity contribution in [2.45, 2.75) is 50.4 Å². The normalized spacial score (nSPS) is 18.1. The number of nitrogens with two attached hydrogens (primary N) is 1. The van der Waals surface area contributed by atoms with Gasteiger partial charge in [-0.15, -0.1) is 0 Å². The van der Waals surface area contributed by atoms with Gasteiger partial charge in [-0.25, -0.2) is 8.78 Å². The van der Waals surface area contributed by atoms with Crippen LogP contribution in [0.15, 0.2) is 12.1 Å². The van der Waals surface area contributed by atoms with Crippen LogP contribution in [-0.4, -0.2) is 20.8 Å². The van der Waals surface area contributed by atoms with E-state index in [4.69, 9.17) is 15.2 Å². The van der Waals surface area contributed by atoms with Gasteiger partial charge in [-0.05, 0) is 30.5 Å². The highest BCUT2D eigenvalue weighted by Crippen LogP contribution is 2.47. The molecule has 0 amide bonds. The number of hydrogen-bond donors (Lipinski definition) is 1. The summed E-state index contributed by atoms with van der Waals surface area (Å²) in [6, 6.07) is 3.10. The topological polar surface area (TPSA) is 44.5 Å². The van der Waals surface area contributed by atoms with Crippen molar-refractivity contribution in [3.63, 3.8) is 0 Å². The Balaban J connectivity index is 2.66. The summed E-state index contributed by atoms with van der Waals surface area (Å²) in [6.07, 6.45) is 4.83. The maximum atomic E-state index is 14.2. The number of rotatable bonds is 5. The molecule has 2 rings (SSSR count). The van der Waals surface area contributed by atoms with Gasteiger partial charge in [-0.1, -0.05) is 19.3 Å². The van der Waals surface area contributed by atoms with Crippen molar-refractivity contribution in [1.29, 1.82) is 0 Å². The average Bonchev–Trinajstić information content (AvgIpc) is 2.53. The fourth-order valence-electron chi connectivity index (χ4n) is 3.49. The lowest BCUT2D eigenvalue weighted by Crippen LogP contribution is -2.39. The maximum Gasteiger partial charge on any atom is 0.270 e. The van der Waals surface area contributed by atoms with Gasteiger partial charge >= 0.3 is 0 Å². The molecule has 0 radical (unpaired) electrons. The minimum Gasteiger partial charge on any atom is -0.493 e. The predicted molar refractivity (Wildman–Crippen MR) is 82.9 cm³/mol. The molecular weight excluding hydrogens is 288 g/mol. The van der Waals surface area contributed by atoms with Crippen LogP contribution in [-0.2, 0) is 11.3 Å². The third-order valence-corrected chi connectivity index (χ3v) is 4.77. The monoisotopic (exact) mass is 313 g/mol. The molecular formula is C17H25F2NO2. The average molecular weight is 313 g/mol. The lowest BCUT2D eigenvalue weighted by molar-refractivity contribution is 0.0145. The number of hydrogen-bond acceptors (Lipinski definition) is 3. The molecule has 3 nitrogen and oxygen atoms in total. The van der Waals surface area contributed by atoms with Gasteiger partial charge in [0, 0.05) is 24.4 Å². The van der Waals surface area contributed by atoms with Crippen LogP contribution in [0.1, 0.15) is 50.2 Å². The largest absolute Gasteiger partial charge is 0.493 e. The first kappa shape index (κ1) is 17.0. The highest BCUT2D eigenvalue weighted by atomic mass is 19.3. The van der Waals surface area contributed by atoms with Gasteiger partial charge in [0.1, 0.15) is 0 Å². The lowest BCUT2D eigenvalue weighted by Gasteiger charge is -2.39. The Kier molecular flexibility index (Phi) is 4.95. The Morgan fingerprint density at radius 3 is 2.09 bits per heavy atom. The summed E-state index contributed by atoms with van der Waals surface area (Å²) in [7, 11) is 2.97. The van der Waals surface area contributed by atoms with Crippen molar-refractivity contribution in [3.05, 3.63) is 23.3 Å². The fourth-order valence-corrected chi connectivity index (χ4v) is 3.49. The van der Waals surface area contributed by atoms with E-state index < -0.39 is 11.3 Å². The summed E-state index contributed by atoms with van der Waals surface area (Å²) in [4.78, 5) is 0. The first-order chi connectivity index (χ1) is 10.4. The molecule has 0 unspecified atom stereocenters. The summed E-state index contributed by atoms with van der Waals surface area (Å²) in [6.45, 7) is 1.29. The highest BCUT2D eigenvalue weighted by Gasteiger charge is 2.40. The zero-order valence-electron chi connectivity index (χ0n) is 13.5. The predicted octanol–water partition coefficient (Wildman–Crippen LogP) is 3.98. The second-order valence-corrected chi connectivity index (χ2v) is 6.19. The summed E-state index contributed by atoms with van der Waals surface area (Å²) in [5, 5.41) is 0. The minimum atomic E-state index is -2.95. The van der Waals surface area contributed by atoms with Crippen molar-refractivity contribution < 1.29 is 18.3 Å². The van der Waals surface area contributed by atoms with Gasteiger partial charge in [-0.2, -0.15) is 0 Å². The zero-order valence-corrected chi connectivity index (χ0v) is 13.5. The Hall–Kier alpha value is -1.36. The van der Waals surface area contributed by atoms with Crippen molar-refractivity contribution in [2.75, 3.05) is 20.8 Å². The van der Waals surface area contributed by atoms with Gasteiger partial charge in [0.25, 0.3) is 5.92 Å². The molecule has 1 aliphatic rings. The Bertz CT molecular complexity index is 520. The molecule has 1 saturated carbocycles. The second kappa shape index (κ2) is 6.41. The molecule has 22 heavy (non-hydrogen) atoms. The fraction of sp³-hybridized carbons (Fsp3) is 0.647. The first-order valence-electron chi connectivity index (χ1n) is 7.73. The van der Waals surface area contributed by atoms with Gasteiger partial charge in [-0.3, -0.25) is 0 Å². The summed E-state index contributed by atoms with van der Waals surface area (Å²) in [5.74, 6) is -2.15. The number of ether oxygens (including phenoxy) is 2. The van der Waals surface area contributed by atoms with E-state index in [9.17, 15) is 8.78 Å². The van der Waals surface area contributed by atoms with Crippen LogP contribution in [0.25, 0.3) is 0 Å². The number of halogens is 2. The summed E-state index contributed by atoms with van der Waals surface area (Å²) < 4.78 is 38.9. The molecule has 0 heterocycles. The molecule has 0 aromatic heterocycles. The van der Waals surface area contributed by atoms with Gasteiger partial charge < -0.3 is 15.2 Å². The molecule has 0 saturated heterocycles. The zero-order chi connectivity index (χ0) is 16.4. The van der Waals surface area contributed by atoms with Crippen molar-refractivity contribution in [1.82, 2.24) is 0 Å². The van der Waals surface area contributed by atoms with E-state index in [1.807, 2.05) is 0 Å². The molecule has 0 aliphatic heterocycles. The molecule has 1 aliphatic carbocycles. The number of benzene rings is 1. The standard InChI is InChI=1S/C17H25F2NO2/c1-16(18,19)12-9-14(21-2)15(22-3)10-13(12)17(11-20)7-5-4-6-8-17/h9-10H,4-8,11,20H2,1-3H3. The van der Waals surface area contributed by atoms with E-state index in [0.29, 0.717) is 23.6 Å².